The first-order valence-corrected chi connectivity index (χ1v) is 13.1. The molecule has 1 aromatic heterocycles. The molecule has 0 saturated carbocycles. The summed E-state index contributed by atoms with van der Waals surface area (Å²) in [5.41, 5.74) is 2.51. The zero-order valence-corrected chi connectivity index (χ0v) is 21.1. The van der Waals surface area contributed by atoms with Gasteiger partial charge in [-0.15, -0.1) is 0 Å². The maximum Gasteiger partial charge on any atom is 0.335 e. The maximum atomic E-state index is 13.5. The Morgan fingerprint density at radius 1 is 1.03 bits per heavy atom. The highest BCUT2D eigenvalue weighted by Crippen LogP contribution is 2.34. The molecule has 5 rings (SSSR count). The minimum Gasteiger partial charge on any atom is -0.478 e. The fourth-order valence-corrected chi connectivity index (χ4v) is 5.36. The number of carbonyl (C=O) groups excluding carboxylic acids is 1. The third-order valence-electron chi connectivity index (χ3n) is 6.26. The summed E-state index contributed by atoms with van der Waals surface area (Å²) >= 11 is 1.36. The van der Waals surface area contributed by atoms with Crippen LogP contribution in [0.4, 0.5) is 5.69 Å². The average Bonchev–Trinajstić information content (AvgIpc) is 3.50. The van der Waals surface area contributed by atoms with Crippen molar-refractivity contribution in [2.24, 2.45) is 4.99 Å². The first kappa shape index (κ1) is 25.0. The topological polar surface area (TPSA) is 87.4 Å². The summed E-state index contributed by atoms with van der Waals surface area (Å²) in [7, 11) is 0. The highest BCUT2D eigenvalue weighted by atomic mass is 32.2. The van der Waals surface area contributed by atoms with Crippen molar-refractivity contribution in [1.82, 2.24) is 14.4 Å². The highest BCUT2D eigenvalue weighted by Gasteiger charge is 2.33. The van der Waals surface area contributed by atoms with Gasteiger partial charge in [-0.25, -0.2) is 9.79 Å². The summed E-state index contributed by atoms with van der Waals surface area (Å²) in [4.78, 5) is 34.5. The van der Waals surface area contributed by atoms with Crippen LogP contribution in [0, 0.1) is 0 Å². The Labute approximate surface area is 219 Å². The molecule has 0 bridgehead atoms. The van der Waals surface area contributed by atoms with E-state index in [9.17, 15) is 14.7 Å². The van der Waals surface area contributed by atoms with Gasteiger partial charge < -0.3 is 14.4 Å². The fraction of sp³-hybridized carbons (Fsp3) is 0.250. The van der Waals surface area contributed by atoms with Crippen molar-refractivity contribution in [1.29, 1.82) is 0 Å². The number of benzene rings is 2. The Morgan fingerprint density at radius 3 is 2.62 bits per heavy atom. The van der Waals surface area contributed by atoms with Crippen LogP contribution in [0.15, 0.2) is 82.8 Å². The molecule has 190 valence electrons. The largest absolute Gasteiger partial charge is 0.478 e. The number of thioether (sulfide) groups is 1. The van der Waals surface area contributed by atoms with Crippen LogP contribution in [-0.4, -0.2) is 75.9 Å². The second kappa shape index (κ2) is 11.6. The maximum absolute atomic E-state index is 13.5. The number of para-hydroxylation sites is 1. The zero-order valence-electron chi connectivity index (χ0n) is 20.3. The van der Waals surface area contributed by atoms with Crippen LogP contribution < -0.4 is 0 Å². The third kappa shape index (κ3) is 6.02. The second-order valence-electron chi connectivity index (χ2n) is 8.76. The van der Waals surface area contributed by atoms with Gasteiger partial charge in [-0.1, -0.05) is 24.3 Å². The summed E-state index contributed by atoms with van der Waals surface area (Å²) in [5.74, 6) is -1.06. The molecule has 2 aromatic carbocycles. The number of rotatable bonds is 8. The number of aromatic carboxylic acids is 1. The molecule has 2 aliphatic heterocycles. The third-order valence-corrected chi connectivity index (χ3v) is 7.27. The normalized spacial score (nSPS) is 18.7. The Bertz CT molecular complexity index is 1330. The van der Waals surface area contributed by atoms with Crippen molar-refractivity contribution in [3.05, 3.63) is 89.1 Å². The number of morpholine rings is 1. The van der Waals surface area contributed by atoms with Gasteiger partial charge in [0.05, 0.1) is 29.4 Å². The van der Waals surface area contributed by atoms with Gasteiger partial charge in [0.25, 0.3) is 5.91 Å². The van der Waals surface area contributed by atoms with Crippen LogP contribution >= 0.6 is 11.8 Å². The van der Waals surface area contributed by atoms with E-state index in [1.165, 1.54) is 11.8 Å². The number of aromatic nitrogens is 1. The quantitative estimate of drug-likeness (QED) is 0.444. The minimum absolute atomic E-state index is 0.0753. The van der Waals surface area contributed by atoms with E-state index in [-0.39, 0.29) is 11.5 Å². The molecule has 1 N–H and O–H groups in total. The molecule has 3 aromatic rings. The lowest BCUT2D eigenvalue weighted by Crippen LogP contribution is -2.38. The second-order valence-corrected chi connectivity index (χ2v) is 9.77. The van der Waals surface area contributed by atoms with Crippen molar-refractivity contribution in [2.75, 3.05) is 39.4 Å². The molecule has 1 amide bonds. The molecule has 0 atom stereocenters. The first-order chi connectivity index (χ1) is 18.1. The molecule has 0 unspecified atom stereocenters. The van der Waals surface area contributed by atoms with Crippen molar-refractivity contribution in [3.8, 4) is 5.69 Å². The summed E-state index contributed by atoms with van der Waals surface area (Å²) in [6, 6.07) is 20.2. The van der Waals surface area contributed by atoms with Crippen LogP contribution in [-0.2, 0) is 9.53 Å². The smallest absolute Gasteiger partial charge is 0.335 e. The van der Waals surface area contributed by atoms with Gasteiger partial charge in [-0.05, 0) is 66.7 Å². The lowest BCUT2D eigenvalue weighted by molar-refractivity contribution is -0.122. The zero-order chi connectivity index (χ0) is 25.6. The van der Waals surface area contributed by atoms with Crippen molar-refractivity contribution >= 4 is 40.6 Å². The van der Waals surface area contributed by atoms with Crippen LogP contribution in [0.2, 0.25) is 0 Å². The van der Waals surface area contributed by atoms with Crippen molar-refractivity contribution in [2.45, 2.75) is 6.42 Å². The van der Waals surface area contributed by atoms with Gasteiger partial charge in [-0.2, -0.15) is 0 Å². The van der Waals surface area contributed by atoms with E-state index < -0.39 is 5.97 Å². The number of hydrogen-bond donors (Lipinski definition) is 1. The molecule has 0 spiro atoms. The Kier molecular flexibility index (Phi) is 7.84. The van der Waals surface area contributed by atoms with Gasteiger partial charge >= 0.3 is 5.97 Å². The molecular weight excluding hydrogens is 488 g/mol. The van der Waals surface area contributed by atoms with E-state index in [0.717, 1.165) is 50.7 Å². The van der Waals surface area contributed by atoms with E-state index >= 15 is 0 Å². The van der Waals surface area contributed by atoms with Gasteiger partial charge in [0, 0.05) is 43.8 Å². The number of amidine groups is 1. The molecule has 9 heteroatoms. The van der Waals surface area contributed by atoms with Crippen molar-refractivity contribution < 1.29 is 19.4 Å². The lowest BCUT2D eigenvalue weighted by Gasteiger charge is -2.27. The molecule has 2 fully saturated rings. The molecule has 2 aliphatic rings. The minimum atomic E-state index is -0.982. The number of ether oxygens (including phenoxy) is 1. The summed E-state index contributed by atoms with van der Waals surface area (Å²) in [5, 5.41) is 10.0. The molecule has 3 heterocycles. The SMILES string of the molecule is O=C(O)c1cccc(-n2cccc2/C=C2\SC(=Nc3ccccc3)N(CCCN3CCOCC3)C2=O)c1. The van der Waals surface area contributed by atoms with Crippen LogP contribution in [0.25, 0.3) is 11.8 Å². The molecule has 0 aliphatic carbocycles. The number of nitrogens with zero attached hydrogens (tertiary/aromatic N) is 4. The summed E-state index contributed by atoms with van der Waals surface area (Å²) in [6.45, 7) is 4.81. The number of carboxylic acid groups (broad SMARTS) is 1. The number of hydrogen-bond acceptors (Lipinski definition) is 6. The van der Waals surface area contributed by atoms with E-state index in [1.54, 1.807) is 23.1 Å². The molecule has 2 saturated heterocycles. The van der Waals surface area contributed by atoms with Crippen molar-refractivity contribution in [3.63, 3.8) is 0 Å². The Balaban J connectivity index is 1.40. The van der Waals surface area contributed by atoms with Crippen LogP contribution in [0.3, 0.4) is 0 Å². The molecule has 8 nitrogen and oxygen atoms in total. The van der Waals surface area contributed by atoms with Gasteiger partial charge in [0.2, 0.25) is 0 Å². The lowest BCUT2D eigenvalue weighted by atomic mass is 10.2. The predicted molar refractivity (Wildman–Crippen MR) is 145 cm³/mol. The Morgan fingerprint density at radius 2 is 1.84 bits per heavy atom. The molecule has 37 heavy (non-hydrogen) atoms. The standard InChI is InChI=1S/C28H28N4O4S/c33-26-25(20-24-11-5-13-31(24)23-10-4-7-21(19-23)27(34)35)37-28(29-22-8-2-1-3-9-22)32(26)14-6-12-30-15-17-36-18-16-30/h1-5,7-11,13,19-20H,6,12,14-18H2,(H,34,35)/b25-20-,29-28?. The van der Waals surface area contributed by atoms with Crippen LogP contribution in [0.1, 0.15) is 22.5 Å². The molecule has 0 radical (unpaired) electrons. The number of carboxylic acids is 1. The summed E-state index contributed by atoms with van der Waals surface area (Å²) in [6.07, 6.45) is 4.55. The highest BCUT2D eigenvalue weighted by molar-refractivity contribution is 8.18. The summed E-state index contributed by atoms with van der Waals surface area (Å²) < 4.78 is 7.31. The van der Waals surface area contributed by atoms with E-state index in [4.69, 9.17) is 9.73 Å². The predicted octanol–water partition coefficient (Wildman–Crippen LogP) is 4.50. The Hall–Kier alpha value is -3.66. The van der Waals surface area contributed by atoms with E-state index in [1.807, 2.05) is 65.4 Å². The fourth-order valence-electron chi connectivity index (χ4n) is 4.35. The van der Waals surface area contributed by atoms with Gasteiger partial charge in [0.15, 0.2) is 5.17 Å². The van der Waals surface area contributed by atoms with E-state index in [2.05, 4.69) is 4.90 Å². The van der Waals surface area contributed by atoms with E-state index in [0.29, 0.717) is 22.3 Å². The monoisotopic (exact) mass is 516 g/mol. The first-order valence-electron chi connectivity index (χ1n) is 12.2. The average molecular weight is 517 g/mol. The number of carbonyl (C=O) groups is 2. The van der Waals surface area contributed by atoms with Gasteiger partial charge in [-0.3, -0.25) is 14.6 Å². The number of aliphatic imine (C=N–C) groups is 1. The molecular formula is C28H28N4O4S. The number of amides is 1. The van der Waals surface area contributed by atoms with Gasteiger partial charge in [0.1, 0.15) is 0 Å². The van der Waals surface area contributed by atoms with Crippen LogP contribution in [0.5, 0.6) is 0 Å².